The third-order valence-corrected chi connectivity index (χ3v) is 15.5. The standard InChI is InChI=1S/C27H56N2O.C18H39N.C17H36N2O.C8H19N.2CH4/c1-2-3-4-5-6-7-8-9-10-11-12-13-14-17-20-23-26-29-27(30)24-21-18-15-16-19-22-25-28;1-2-3-4-5-6-7-8-9-10-11-12-13-14-15-16-17-18-19;1-2-3-4-5-10-13-16-19-17(20)14-11-8-6-7-9-12-15-18;1-2-3-4-5-6-7-8-9;;/h2-26,28H2,1H3,(H,29,30);2-19H2,1H3;2-16,18H2,1H3,(H,19,20);2-9H2,1H3;2*1H4. The molecular formula is C72H158N6O2. The fourth-order valence-electron chi connectivity index (χ4n) is 10.1. The van der Waals surface area contributed by atoms with E-state index >= 15 is 0 Å². The lowest BCUT2D eigenvalue weighted by molar-refractivity contribution is -0.122. The van der Waals surface area contributed by atoms with Crippen molar-refractivity contribution in [3.8, 4) is 0 Å². The third-order valence-electron chi connectivity index (χ3n) is 15.5. The molecule has 0 saturated heterocycles. The van der Waals surface area contributed by atoms with E-state index in [9.17, 15) is 9.59 Å². The fourth-order valence-corrected chi connectivity index (χ4v) is 10.1. The van der Waals surface area contributed by atoms with Crippen LogP contribution in [0.4, 0.5) is 0 Å². The normalized spacial score (nSPS) is 10.6. The molecule has 0 aliphatic carbocycles. The van der Waals surface area contributed by atoms with E-state index in [-0.39, 0.29) is 26.7 Å². The molecule has 0 heterocycles. The molecule has 488 valence electrons. The zero-order valence-electron chi connectivity index (χ0n) is 54.4. The molecule has 0 spiro atoms. The molecule has 0 aromatic carbocycles. The van der Waals surface area contributed by atoms with Crippen molar-refractivity contribution in [3.63, 3.8) is 0 Å². The van der Waals surface area contributed by atoms with E-state index in [1.54, 1.807) is 0 Å². The predicted molar refractivity (Wildman–Crippen MR) is 366 cm³/mol. The second-order valence-corrected chi connectivity index (χ2v) is 23.7. The molecule has 0 radical (unpaired) electrons. The van der Waals surface area contributed by atoms with Gasteiger partial charge in [-0.2, -0.15) is 0 Å². The number of hydrogen-bond acceptors (Lipinski definition) is 6. The quantitative estimate of drug-likeness (QED) is 0.0332. The van der Waals surface area contributed by atoms with Crippen LogP contribution in [0.1, 0.15) is 415 Å². The summed E-state index contributed by atoms with van der Waals surface area (Å²) in [5.41, 5.74) is 21.8. The lowest BCUT2D eigenvalue weighted by atomic mass is 10.0. The maximum Gasteiger partial charge on any atom is 0.219 e. The largest absolute Gasteiger partial charge is 0.356 e. The number of amides is 2. The minimum Gasteiger partial charge on any atom is -0.356 e. The van der Waals surface area contributed by atoms with Gasteiger partial charge in [-0.1, -0.05) is 351 Å². The van der Waals surface area contributed by atoms with Gasteiger partial charge in [-0.05, 0) is 77.5 Å². The molecule has 0 saturated carbocycles. The van der Waals surface area contributed by atoms with Crippen LogP contribution < -0.4 is 33.6 Å². The molecule has 0 bridgehead atoms. The summed E-state index contributed by atoms with van der Waals surface area (Å²) in [6.45, 7) is 14.1. The minimum atomic E-state index is 0. The monoisotopic (exact) mass is 1140 g/mol. The molecule has 0 unspecified atom stereocenters. The molecule has 0 atom stereocenters. The maximum atomic E-state index is 11.8. The van der Waals surface area contributed by atoms with Crippen molar-refractivity contribution in [3.05, 3.63) is 0 Å². The van der Waals surface area contributed by atoms with Crippen LogP contribution in [0.3, 0.4) is 0 Å². The molecule has 0 fully saturated rings. The second-order valence-electron chi connectivity index (χ2n) is 23.7. The number of rotatable bonds is 62. The van der Waals surface area contributed by atoms with E-state index in [0.29, 0.717) is 12.8 Å². The summed E-state index contributed by atoms with van der Waals surface area (Å²) in [4.78, 5) is 23.4. The number of nitrogens with one attached hydrogen (secondary N) is 2. The zero-order valence-corrected chi connectivity index (χ0v) is 54.4. The zero-order chi connectivity index (χ0) is 57.8. The molecule has 0 aliphatic heterocycles. The topological polar surface area (TPSA) is 162 Å². The van der Waals surface area contributed by atoms with Crippen molar-refractivity contribution < 1.29 is 9.59 Å². The summed E-state index contributed by atoms with van der Waals surface area (Å²) < 4.78 is 0. The van der Waals surface area contributed by atoms with Crippen LogP contribution in [-0.4, -0.2) is 51.1 Å². The first-order valence-corrected chi connectivity index (χ1v) is 35.8. The Balaban J connectivity index is -0.000000241. The third kappa shape index (κ3) is 98.9. The van der Waals surface area contributed by atoms with Crippen molar-refractivity contribution in [2.24, 2.45) is 22.9 Å². The van der Waals surface area contributed by atoms with Gasteiger partial charge in [0, 0.05) is 25.9 Å². The fraction of sp³-hybridized carbons (Fsp3) is 0.972. The highest BCUT2D eigenvalue weighted by Crippen LogP contribution is 2.16. The molecule has 80 heavy (non-hydrogen) atoms. The van der Waals surface area contributed by atoms with Gasteiger partial charge in [0.2, 0.25) is 11.8 Å². The molecule has 0 aliphatic rings. The lowest BCUT2D eigenvalue weighted by Crippen LogP contribution is -2.23. The first-order valence-electron chi connectivity index (χ1n) is 35.8. The summed E-state index contributed by atoms with van der Waals surface area (Å²) in [6.07, 6.45) is 76.4. The van der Waals surface area contributed by atoms with E-state index in [4.69, 9.17) is 22.9 Å². The Morgan fingerprint density at radius 2 is 0.350 bits per heavy atom. The molecule has 2 amide bonds. The second kappa shape index (κ2) is 91.5. The summed E-state index contributed by atoms with van der Waals surface area (Å²) >= 11 is 0. The number of hydrogen-bond donors (Lipinski definition) is 6. The minimum absolute atomic E-state index is 0. The molecule has 0 aromatic rings. The van der Waals surface area contributed by atoms with Gasteiger partial charge in [-0.3, -0.25) is 9.59 Å². The van der Waals surface area contributed by atoms with Crippen LogP contribution >= 0.6 is 0 Å². The van der Waals surface area contributed by atoms with Crippen LogP contribution in [0.15, 0.2) is 0 Å². The average molecular weight is 1140 g/mol. The van der Waals surface area contributed by atoms with E-state index in [2.05, 4.69) is 38.3 Å². The Labute approximate surface area is 506 Å². The van der Waals surface area contributed by atoms with Crippen molar-refractivity contribution in [2.45, 2.75) is 415 Å². The summed E-state index contributed by atoms with van der Waals surface area (Å²) in [7, 11) is 0. The number of unbranched alkanes of at least 4 members (excludes halogenated alkanes) is 50. The maximum absolute atomic E-state index is 11.8. The van der Waals surface area contributed by atoms with Gasteiger partial charge in [0.05, 0.1) is 0 Å². The van der Waals surface area contributed by atoms with E-state index in [1.165, 1.54) is 321 Å². The molecule has 8 heteroatoms. The van der Waals surface area contributed by atoms with Crippen molar-refractivity contribution >= 4 is 11.8 Å². The molecule has 8 nitrogen and oxygen atoms in total. The van der Waals surface area contributed by atoms with Crippen molar-refractivity contribution in [1.29, 1.82) is 0 Å². The van der Waals surface area contributed by atoms with E-state index < -0.39 is 0 Å². The smallest absolute Gasteiger partial charge is 0.219 e. The Kier molecular flexibility index (Phi) is 103. The van der Waals surface area contributed by atoms with Crippen LogP contribution in [-0.2, 0) is 9.59 Å². The lowest BCUT2D eigenvalue weighted by Gasteiger charge is -2.06. The summed E-state index contributed by atoms with van der Waals surface area (Å²) in [5.74, 6) is 0.485. The Morgan fingerprint density at radius 1 is 0.212 bits per heavy atom. The SMILES string of the molecule is C.C.CCCCCCCCCCCCCCCCCCN.CCCCCCCCCCCCCCCCCCNC(=O)CCCCCCCCN.CCCCCCCCN.CCCCCCCCNC(=O)CCCCCCCCN. The van der Waals surface area contributed by atoms with Gasteiger partial charge in [0.1, 0.15) is 0 Å². The number of nitrogens with two attached hydrogens (primary N) is 4. The molecular weight excluding hydrogens is 981 g/mol. The van der Waals surface area contributed by atoms with E-state index in [0.717, 1.165) is 77.8 Å². The summed E-state index contributed by atoms with van der Waals surface area (Å²) in [6, 6.07) is 0. The highest BCUT2D eigenvalue weighted by atomic mass is 16.2. The Hall–Kier alpha value is -1.22. The average Bonchev–Trinajstić information content (AvgIpc) is 3.44. The van der Waals surface area contributed by atoms with Gasteiger partial charge in [0.15, 0.2) is 0 Å². The Morgan fingerprint density at radius 3 is 0.512 bits per heavy atom. The summed E-state index contributed by atoms with van der Waals surface area (Å²) in [5, 5.41) is 6.12. The van der Waals surface area contributed by atoms with Gasteiger partial charge in [0.25, 0.3) is 0 Å². The molecule has 10 N–H and O–H groups in total. The van der Waals surface area contributed by atoms with Gasteiger partial charge < -0.3 is 33.6 Å². The highest BCUT2D eigenvalue weighted by molar-refractivity contribution is 5.76. The highest BCUT2D eigenvalue weighted by Gasteiger charge is 2.03. The number of carbonyl (C=O) groups excluding carboxylic acids is 2. The first kappa shape index (κ1) is 90.0. The Bertz CT molecular complexity index is 975. The van der Waals surface area contributed by atoms with Crippen LogP contribution in [0, 0.1) is 0 Å². The van der Waals surface area contributed by atoms with E-state index in [1.807, 2.05) is 0 Å². The van der Waals surface area contributed by atoms with Gasteiger partial charge >= 0.3 is 0 Å². The van der Waals surface area contributed by atoms with Crippen LogP contribution in [0.2, 0.25) is 0 Å². The van der Waals surface area contributed by atoms with Crippen LogP contribution in [0.5, 0.6) is 0 Å². The van der Waals surface area contributed by atoms with Gasteiger partial charge in [-0.25, -0.2) is 0 Å². The number of carbonyl (C=O) groups is 2. The molecule has 0 rings (SSSR count). The molecule has 0 aromatic heterocycles. The van der Waals surface area contributed by atoms with Crippen LogP contribution in [0.25, 0.3) is 0 Å². The first-order chi connectivity index (χ1) is 38.4. The van der Waals surface area contributed by atoms with Crippen molar-refractivity contribution in [1.82, 2.24) is 10.6 Å². The van der Waals surface area contributed by atoms with Crippen molar-refractivity contribution in [2.75, 3.05) is 39.3 Å². The predicted octanol–water partition coefficient (Wildman–Crippen LogP) is 22.0. The van der Waals surface area contributed by atoms with Gasteiger partial charge in [-0.15, -0.1) is 0 Å².